The van der Waals surface area contributed by atoms with Crippen molar-refractivity contribution in [3.8, 4) is 11.5 Å². The average molecular weight is 471 g/mol. The van der Waals surface area contributed by atoms with Crippen molar-refractivity contribution < 1.29 is 19.1 Å². The van der Waals surface area contributed by atoms with Crippen molar-refractivity contribution in [2.24, 2.45) is 0 Å². The van der Waals surface area contributed by atoms with Gasteiger partial charge < -0.3 is 14.8 Å². The van der Waals surface area contributed by atoms with Gasteiger partial charge in [0.1, 0.15) is 4.32 Å². The van der Waals surface area contributed by atoms with Gasteiger partial charge in [-0.1, -0.05) is 42.2 Å². The molecule has 2 aromatic rings. The van der Waals surface area contributed by atoms with Crippen LogP contribution in [0.1, 0.15) is 31.9 Å². The van der Waals surface area contributed by atoms with E-state index in [1.54, 1.807) is 23.1 Å². The maximum Gasteiger partial charge on any atom is 0.266 e. The van der Waals surface area contributed by atoms with Crippen molar-refractivity contribution in [1.82, 2.24) is 4.90 Å². The molecule has 0 atom stereocenters. The largest absolute Gasteiger partial charge is 0.490 e. The van der Waals surface area contributed by atoms with Gasteiger partial charge in [0.2, 0.25) is 0 Å². The number of thioether (sulfide) groups is 1. The quantitative estimate of drug-likeness (QED) is 0.432. The first-order valence-electron chi connectivity index (χ1n) is 10.3. The Morgan fingerprint density at radius 2 is 1.97 bits per heavy atom. The van der Waals surface area contributed by atoms with Crippen LogP contribution < -0.4 is 14.8 Å². The number of benzene rings is 2. The van der Waals surface area contributed by atoms with E-state index in [-0.39, 0.29) is 24.5 Å². The molecule has 1 aliphatic heterocycles. The monoisotopic (exact) mass is 470 g/mol. The Morgan fingerprint density at radius 1 is 1.19 bits per heavy atom. The molecular formula is C24H26N2O4S2. The first-order chi connectivity index (χ1) is 15.3. The van der Waals surface area contributed by atoms with E-state index >= 15 is 0 Å². The molecule has 1 heterocycles. The van der Waals surface area contributed by atoms with Gasteiger partial charge in [0.25, 0.3) is 11.8 Å². The van der Waals surface area contributed by atoms with Gasteiger partial charge in [-0.3, -0.25) is 14.5 Å². The van der Waals surface area contributed by atoms with E-state index < -0.39 is 0 Å². The Morgan fingerprint density at radius 3 is 2.62 bits per heavy atom. The van der Waals surface area contributed by atoms with E-state index in [1.807, 2.05) is 58.0 Å². The third kappa shape index (κ3) is 5.89. The summed E-state index contributed by atoms with van der Waals surface area (Å²) in [5, 5.41) is 2.81. The van der Waals surface area contributed by atoms with Crippen molar-refractivity contribution in [2.45, 2.75) is 33.7 Å². The molecule has 0 aliphatic carbocycles. The Hall–Kier alpha value is -2.84. The van der Waals surface area contributed by atoms with E-state index in [1.165, 1.54) is 11.8 Å². The first-order valence-corrected chi connectivity index (χ1v) is 11.5. The fourth-order valence-corrected chi connectivity index (χ4v) is 4.67. The molecule has 2 aromatic carbocycles. The summed E-state index contributed by atoms with van der Waals surface area (Å²) in [6.07, 6.45) is 1.79. The number of nitrogens with one attached hydrogen (secondary N) is 1. The normalized spacial score (nSPS) is 14.9. The van der Waals surface area contributed by atoms with Crippen molar-refractivity contribution in [2.75, 3.05) is 18.5 Å². The summed E-state index contributed by atoms with van der Waals surface area (Å²) in [4.78, 5) is 27.1. The molecule has 0 bridgehead atoms. The standard InChI is InChI=1S/C24H26N2O4S2/c1-5-29-20-12-17(13-21-23(28)26(15(2)3)24(31)32-21)9-10-19(20)30-14-22(27)25-18-8-6-7-16(4)11-18/h6-13,15H,5,14H2,1-4H3,(H,25,27)/b21-13-. The number of anilines is 1. The Balaban J connectivity index is 1.71. The van der Waals surface area contributed by atoms with Crippen LogP contribution in [0.15, 0.2) is 47.4 Å². The van der Waals surface area contributed by atoms with E-state index in [2.05, 4.69) is 5.32 Å². The van der Waals surface area contributed by atoms with Gasteiger partial charge >= 0.3 is 0 Å². The Labute approximate surface area is 198 Å². The number of aryl methyl sites for hydroxylation is 1. The number of carbonyl (C=O) groups is 2. The zero-order valence-corrected chi connectivity index (χ0v) is 20.1. The predicted octanol–water partition coefficient (Wildman–Crippen LogP) is 5.02. The van der Waals surface area contributed by atoms with Gasteiger partial charge in [0.05, 0.1) is 11.5 Å². The van der Waals surface area contributed by atoms with Crippen LogP contribution in [0, 0.1) is 6.92 Å². The van der Waals surface area contributed by atoms with E-state index in [0.29, 0.717) is 27.3 Å². The van der Waals surface area contributed by atoms with Crippen molar-refractivity contribution >= 4 is 51.9 Å². The second-order valence-electron chi connectivity index (χ2n) is 7.49. The highest BCUT2D eigenvalue weighted by Crippen LogP contribution is 2.35. The summed E-state index contributed by atoms with van der Waals surface area (Å²) in [5.74, 6) is 0.600. The molecule has 2 amide bonds. The third-order valence-corrected chi connectivity index (χ3v) is 5.90. The van der Waals surface area contributed by atoms with Gasteiger partial charge in [-0.25, -0.2) is 0 Å². The summed E-state index contributed by atoms with van der Waals surface area (Å²) in [6, 6.07) is 12.9. The fraction of sp³-hybridized carbons (Fsp3) is 0.292. The SMILES string of the molecule is CCOc1cc(/C=C2\SC(=S)N(C(C)C)C2=O)ccc1OCC(=O)Nc1cccc(C)c1. The van der Waals surface area contributed by atoms with Crippen LogP contribution in [0.2, 0.25) is 0 Å². The lowest BCUT2D eigenvalue weighted by atomic mass is 10.1. The summed E-state index contributed by atoms with van der Waals surface area (Å²) >= 11 is 6.62. The first kappa shape index (κ1) is 23.8. The maximum absolute atomic E-state index is 12.6. The molecule has 32 heavy (non-hydrogen) atoms. The lowest BCUT2D eigenvalue weighted by Crippen LogP contribution is -2.34. The lowest BCUT2D eigenvalue weighted by molar-refractivity contribution is -0.123. The maximum atomic E-state index is 12.6. The molecule has 1 saturated heterocycles. The van der Waals surface area contributed by atoms with Gasteiger partial charge in [-0.05, 0) is 69.2 Å². The molecule has 0 unspecified atom stereocenters. The van der Waals surface area contributed by atoms with Crippen LogP contribution in [0.4, 0.5) is 5.69 Å². The van der Waals surface area contributed by atoms with Crippen LogP contribution in [-0.4, -0.2) is 40.3 Å². The molecule has 0 spiro atoms. The molecule has 1 N–H and O–H groups in total. The molecule has 0 aromatic heterocycles. The number of rotatable bonds is 8. The van der Waals surface area contributed by atoms with Gasteiger partial charge in [-0.15, -0.1) is 0 Å². The molecule has 1 aliphatic rings. The second kappa shape index (κ2) is 10.7. The van der Waals surface area contributed by atoms with Crippen LogP contribution in [0.3, 0.4) is 0 Å². The highest BCUT2D eigenvalue weighted by Gasteiger charge is 2.33. The minimum Gasteiger partial charge on any atom is -0.490 e. The van der Waals surface area contributed by atoms with Crippen molar-refractivity contribution in [3.05, 3.63) is 58.5 Å². The van der Waals surface area contributed by atoms with Crippen molar-refractivity contribution in [1.29, 1.82) is 0 Å². The molecular weight excluding hydrogens is 444 g/mol. The number of hydrogen-bond donors (Lipinski definition) is 1. The molecule has 168 valence electrons. The zero-order chi connectivity index (χ0) is 23.3. The highest BCUT2D eigenvalue weighted by atomic mass is 32.2. The predicted molar refractivity (Wildman–Crippen MR) is 133 cm³/mol. The number of amides is 2. The lowest BCUT2D eigenvalue weighted by Gasteiger charge is -2.18. The topological polar surface area (TPSA) is 67.9 Å². The average Bonchev–Trinajstić information content (AvgIpc) is 3.00. The number of thiocarbonyl (C=S) groups is 1. The number of nitrogens with zero attached hydrogens (tertiary/aromatic N) is 1. The second-order valence-corrected chi connectivity index (χ2v) is 9.17. The van der Waals surface area contributed by atoms with Crippen LogP contribution >= 0.6 is 24.0 Å². The molecule has 6 nitrogen and oxygen atoms in total. The third-order valence-electron chi connectivity index (χ3n) is 4.57. The van der Waals surface area contributed by atoms with Crippen LogP contribution in [-0.2, 0) is 9.59 Å². The van der Waals surface area contributed by atoms with E-state index in [9.17, 15) is 9.59 Å². The molecule has 0 radical (unpaired) electrons. The number of hydrogen-bond acceptors (Lipinski definition) is 6. The number of ether oxygens (including phenoxy) is 2. The Kier molecular flexibility index (Phi) is 7.93. The smallest absolute Gasteiger partial charge is 0.266 e. The van der Waals surface area contributed by atoms with Crippen LogP contribution in [0.25, 0.3) is 6.08 Å². The van der Waals surface area contributed by atoms with Gasteiger partial charge in [-0.2, -0.15) is 0 Å². The minimum atomic E-state index is -0.264. The van der Waals surface area contributed by atoms with Crippen LogP contribution in [0.5, 0.6) is 11.5 Å². The summed E-state index contributed by atoms with van der Waals surface area (Å²) in [6.45, 7) is 7.98. The zero-order valence-electron chi connectivity index (χ0n) is 18.5. The minimum absolute atomic E-state index is 0.00843. The summed E-state index contributed by atoms with van der Waals surface area (Å²) < 4.78 is 12.0. The van der Waals surface area contributed by atoms with Gasteiger partial charge in [0.15, 0.2) is 18.1 Å². The highest BCUT2D eigenvalue weighted by molar-refractivity contribution is 8.26. The fourth-order valence-electron chi connectivity index (χ4n) is 3.14. The summed E-state index contributed by atoms with van der Waals surface area (Å²) in [7, 11) is 0. The number of carbonyl (C=O) groups excluding carboxylic acids is 2. The molecule has 3 rings (SSSR count). The van der Waals surface area contributed by atoms with Gasteiger partial charge in [0, 0.05) is 11.7 Å². The van der Waals surface area contributed by atoms with E-state index in [0.717, 1.165) is 16.8 Å². The molecule has 0 saturated carbocycles. The summed E-state index contributed by atoms with van der Waals surface area (Å²) in [5.41, 5.74) is 2.57. The Bertz CT molecular complexity index is 1070. The van der Waals surface area contributed by atoms with E-state index in [4.69, 9.17) is 21.7 Å². The molecule has 8 heteroatoms. The molecule has 1 fully saturated rings. The van der Waals surface area contributed by atoms with Crippen molar-refractivity contribution in [3.63, 3.8) is 0 Å².